The minimum absolute atomic E-state index is 0.0471. The largest absolute Gasteiger partial charge is 0.371 e. The molecule has 3 unspecified atom stereocenters. The fourth-order valence-corrected chi connectivity index (χ4v) is 2.63. The summed E-state index contributed by atoms with van der Waals surface area (Å²) in [6.07, 6.45) is 0.181. The average Bonchev–Trinajstić information content (AvgIpc) is 3.21. The van der Waals surface area contributed by atoms with Crippen molar-refractivity contribution in [3.8, 4) is 0 Å². The Kier molecular flexibility index (Phi) is 4.00. The van der Waals surface area contributed by atoms with Gasteiger partial charge in [-0.3, -0.25) is 4.57 Å². The Morgan fingerprint density at radius 3 is 1.78 bits per heavy atom. The molecule has 7 nitrogen and oxygen atoms in total. The molecule has 3 saturated heterocycles. The standard InChI is InChI=1S/C10H17O7P/c11-18(16-5-9-3-14-9,17-6-10-4-15-10)7-12-1-8-2-13-8/h8-10H,1-7H2. The third kappa shape index (κ3) is 4.59. The molecular formula is C10H17O7P. The molecule has 3 rings (SSSR count). The highest BCUT2D eigenvalue weighted by molar-refractivity contribution is 7.53. The lowest BCUT2D eigenvalue weighted by Gasteiger charge is -2.17. The Morgan fingerprint density at radius 1 is 0.889 bits per heavy atom. The molecule has 0 aromatic rings. The van der Waals surface area contributed by atoms with Crippen LogP contribution in [0.5, 0.6) is 0 Å². The SMILES string of the molecule is O=P(COCC1CO1)(OCC1CO1)OCC1CO1. The molecule has 0 bridgehead atoms. The van der Waals surface area contributed by atoms with Gasteiger partial charge in [-0.2, -0.15) is 0 Å². The van der Waals surface area contributed by atoms with Crippen molar-refractivity contribution in [1.29, 1.82) is 0 Å². The molecular weight excluding hydrogens is 263 g/mol. The molecule has 0 aliphatic carbocycles. The highest BCUT2D eigenvalue weighted by Crippen LogP contribution is 2.49. The molecule has 3 heterocycles. The highest BCUT2D eigenvalue weighted by atomic mass is 31.2. The first kappa shape index (κ1) is 13.0. The van der Waals surface area contributed by atoms with Gasteiger partial charge in [0.1, 0.15) is 24.7 Å². The molecule has 3 fully saturated rings. The Hall–Kier alpha value is -0.0100. The Morgan fingerprint density at radius 2 is 1.33 bits per heavy atom. The number of hydrogen-bond acceptors (Lipinski definition) is 7. The first-order chi connectivity index (χ1) is 8.73. The van der Waals surface area contributed by atoms with Crippen LogP contribution >= 0.6 is 7.60 Å². The van der Waals surface area contributed by atoms with Gasteiger partial charge in [0.25, 0.3) is 0 Å². The summed E-state index contributed by atoms with van der Waals surface area (Å²) < 4.78 is 43.3. The van der Waals surface area contributed by atoms with Crippen molar-refractivity contribution in [3.05, 3.63) is 0 Å². The molecule has 18 heavy (non-hydrogen) atoms. The van der Waals surface area contributed by atoms with E-state index in [2.05, 4.69) is 0 Å². The van der Waals surface area contributed by atoms with Crippen molar-refractivity contribution in [2.24, 2.45) is 0 Å². The van der Waals surface area contributed by atoms with Crippen molar-refractivity contribution < 1.29 is 32.6 Å². The molecule has 3 atom stereocenters. The summed E-state index contributed by atoms with van der Waals surface area (Å²) in [6.45, 7) is 3.01. The van der Waals surface area contributed by atoms with E-state index in [1.54, 1.807) is 0 Å². The second-order valence-corrected chi connectivity index (χ2v) is 6.56. The lowest BCUT2D eigenvalue weighted by atomic mass is 10.5. The fraction of sp³-hybridized carbons (Fsp3) is 1.00. The van der Waals surface area contributed by atoms with Crippen molar-refractivity contribution in [2.75, 3.05) is 46.0 Å². The third-order valence-electron chi connectivity index (χ3n) is 2.67. The summed E-state index contributed by atoms with van der Waals surface area (Å²) in [5.41, 5.74) is 0. The maximum Gasteiger partial charge on any atom is 0.356 e. The predicted molar refractivity (Wildman–Crippen MR) is 59.5 cm³/mol. The van der Waals surface area contributed by atoms with Crippen LogP contribution in [-0.2, 0) is 32.6 Å². The summed E-state index contributed by atoms with van der Waals surface area (Å²) in [5, 5.41) is 0. The van der Waals surface area contributed by atoms with E-state index in [9.17, 15) is 4.57 Å². The first-order valence-corrected chi connectivity index (χ1v) is 7.77. The molecule has 0 aromatic heterocycles. The molecule has 3 aliphatic rings. The van der Waals surface area contributed by atoms with Crippen LogP contribution in [0.15, 0.2) is 0 Å². The summed E-state index contributed by atoms with van der Waals surface area (Å²) in [5.74, 6) is 0. The van der Waals surface area contributed by atoms with Gasteiger partial charge in [-0.1, -0.05) is 0 Å². The average molecular weight is 280 g/mol. The van der Waals surface area contributed by atoms with Gasteiger partial charge in [0.2, 0.25) is 0 Å². The van der Waals surface area contributed by atoms with Crippen molar-refractivity contribution >= 4 is 7.60 Å². The molecule has 0 spiro atoms. The van der Waals surface area contributed by atoms with E-state index in [1.165, 1.54) is 0 Å². The molecule has 3 aliphatic heterocycles. The molecule has 0 saturated carbocycles. The van der Waals surface area contributed by atoms with Crippen molar-refractivity contribution in [2.45, 2.75) is 18.3 Å². The molecule has 8 heteroatoms. The van der Waals surface area contributed by atoms with E-state index in [0.717, 1.165) is 0 Å². The van der Waals surface area contributed by atoms with Gasteiger partial charge in [-0.15, -0.1) is 0 Å². The van der Waals surface area contributed by atoms with E-state index in [0.29, 0.717) is 26.4 Å². The summed E-state index contributed by atoms with van der Waals surface area (Å²) in [7, 11) is -3.21. The van der Waals surface area contributed by atoms with Gasteiger partial charge in [-0.25, -0.2) is 0 Å². The fourth-order valence-electron chi connectivity index (χ4n) is 1.29. The molecule has 0 N–H and O–H groups in total. The number of hydrogen-bond donors (Lipinski definition) is 0. The lowest BCUT2D eigenvalue weighted by Crippen LogP contribution is -2.11. The zero-order chi connectivity index (χ0) is 12.4. The molecule has 0 radical (unpaired) electrons. The Balaban J connectivity index is 1.41. The number of epoxide rings is 3. The van der Waals surface area contributed by atoms with Crippen LogP contribution in [0, 0.1) is 0 Å². The maximum atomic E-state index is 12.4. The lowest BCUT2D eigenvalue weighted by molar-refractivity contribution is 0.110. The van der Waals surface area contributed by atoms with E-state index in [1.807, 2.05) is 0 Å². The van der Waals surface area contributed by atoms with Crippen LogP contribution in [0.3, 0.4) is 0 Å². The van der Waals surface area contributed by atoms with Gasteiger partial charge < -0.3 is 28.0 Å². The summed E-state index contributed by atoms with van der Waals surface area (Å²) >= 11 is 0. The predicted octanol–water partition coefficient (Wildman–Crippen LogP) is 0.383. The van der Waals surface area contributed by atoms with Crippen LogP contribution in [0.1, 0.15) is 0 Å². The normalized spacial score (nSPS) is 36.1. The summed E-state index contributed by atoms with van der Waals surface area (Å²) in [6, 6.07) is 0. The number of ether oxygens (including phenoxy) is 4. The van der Waals surface area contributed by atoms with Crippen LogP contribution in [0.4, 0.5) is 0 Å². The highest BCUT2D eigenvalue weighted by Gasteiger charge is 2.34. The second-order valence-electron chi connectivity index (χ2n) is 4.57. The van der Waals surface area contributed by atoms with E-state index < -0.39 is 7.60 Å². The maximum absolute atomic E-state index is 12.4. The minimum Gasteiger partial charge on any atom is -0.371 e. The Bertz CT molecular complexity index is 304. The van der Waals surface area contributed by atoms with Gasteiger partial charge in [-0.05, 0) is 0 Å². The zero-order valence-electron chi connectivity index (χ0n) is 9.99. The van der Waals surface area contributed by atoms with E-state index in [4.69, 9.17) is 28.0 Å². The monoisotopic (exact) mass is 280 g/mol. The number of rotatable bonds is 10. The topological polar surface area (TPSA) is 82.4 Å². The van der Waals surface area contributed by atoms with E-state index in [-0.39, 0.29) is 37.9 Å². The molecule has 0 aromatic carbocycles. The smallest absolute Gasteiger partial charge is 0.356 e. The van der Waals surface area contributed by atoms with E-state index >= 15 is 0 Å². The van der Waals surface area contributed by atoms with Crippen LogP contribution in [0.2, 0.25) is 0 Å². The van der Waals surface area contributed by atoms with Gasteiger partial charge in [0.15, 0.2) is 0 Å². The van der Waals surface area contributed by atoms with Gasteiger partial charge in [0, 0.05) is 0 Å². The van der Waals surface area contributed by atoms with Crippen molar-refractivity contribution in [1.82, 2.24) is 0 Å². The van der Waals surface area contributed by atoms with Crippen LogP contribution in [-0.4, -0.2) is 64.3 Å². The first-order valence-electron chi connectivity index (χ1n) is 6.04. The minimum atomic E-state index is -3.21. The van der Waals surface area contributed by atoms with Crippen LogP contribution < -0.4 is 0 Å². The van der Waals surface area contributed by atoms with Gasteiger partial charge in [0.05, 0.1) is 39.6 Å². The summed E-state index contributed by atoms with van der Waals surface area (Å²) in [4.78, 5) is 0. The quantitative estimate of drug-likeness (QED) is 0.422. The van der Waals surface area contributed by atoms with Gasteiger partial charge >= 0.3 is 7.60 Å². The zero-order valence-corrected chi connectivity index (χ0v) is 10.9. The second kappa shape index (κ2) is 5.54. The van der Waals surface area contributed by atoms with Crippen LogP contribution in [0.25, 0.3) is 0 Å². The third-order valence-corrected chi connectivity index (χ3v) is 4.26. The van der Waals surface area contributed by atoms with Crippen molar-refractivity contribution in [3.63, 3.8) is 0 Å². The molecule has 104 valence electrons. The molecule has 0 amide bonds. The Labute approximate surface area is 105 Å².